The van der Waals surface area contributed by atoms with Crippen molar-refractivity contribution in [3.8, 4) is 0 Å². The average Bonchev–Trinajstić information content (AvgIpc) is 3.58. The molecule has 1 saturated heterocycles. The molecule has 1 amide bonds. The fraction of sp³-hybridized carbons (Fsp3) is 0.632. The van der Waals surface area contributed by atoms with Crippen molar-refractivity contribution in [3.63, 3.8) is 0 Å². The van der Waals surface area contributed by atoms with Gasteiger partial charge in [-0.25, -0.2) is 4.99 Å². The van der Waals surface area contributed by atoms with E-state index in [1.807, 2.05) is 7.11 Å². The molecule has 0 aromatic rings. The predicted molar refractivity (Wildman–Crippen MR) is 185 cm³/mol. The van der Waals surface area contributed by atoms with E-state index in [9.17, 15) is 4.79 Å². The Bertz CT molecular complexity index is 1300. The van der Waals surface area contributed by atoms with Crippen molar-refractivity contribution in [2.24, 2.45) is 22.7 Å². The second kappa shape index (κ2) is 16.4. The highest BCUT2D eigenvalue weighted by atomic mass is 32.2. The molecule has 4 atom stereocenters. The van der Waals surface area contributed by atoms with E-state index in [1.54, 1.807) is 12.7 Å². The third-order valence-electron chi connectivity index (χ3n) is 10.5. The fourth-order valence-electron chi connectivity index (χ4n) is 7.71. The van der Waals surface area contributed by atoms with E-state index in [4.69, 9.17) is 23.9 Å². The van der Waals surface area contributed by atoms with Crippen molar-refractivity contribution in [1.29, 1.82) is 0 Å². The molecule has 6 aliphatic rings. The quantitative estimate of drug-likeness (QED) is 0.160. The van der Waals surface area contributed by atoms with Gasteiger partial charge in [0, 0.05) is 29.7 Å². The van der Waals surface area contributed by atoms with E-state index < -0.39 is 0 Å². The lowest BCUT2D eigenvalue weighted by Crippen LogP contribution is -2.30. The van der Waals surface area contributed by atoms with Crippen molar-refractivity contribution in [2.75, 3.05) is 21.0 Å². The summed E-state index contributed by atoms with van der Waals surface area (Å²) in [6, 6.07) is 0. The number of nitrogens with zero attached hydrogens (tertiary/aromatic N) is 1. The molecule has 0 spiro atoms. The molecule has 4 aliphatic carbocycles. The highest BCUT2D eigenvalue weighted by Gasteiger charge is 2.33. The van der Waals surface area contributed by atoms with Gasteiger partial charge in [-0.1, -0.05) is 24.1 Å². The summed E-state index contributed by atoms with van der Waals surface area (Å²) in [7, 11) is 3.59. The Morgan fingerprint density at radius 3 is 2.63 bits per heavy atom. The number of rotatable bonds is 13. The molecule has 0 bridgehead atoms. The number of carbonyl (C=O) groups excluding carboxylic acids is 1. The Labute approximate surface area is 279 Å². The molecule has 4 unspecified atom stereocenters. The summed E-state index contributed by atoms with van der Waals surface area (Å²) >= 11 is 2.22. The third kappa shape index (κ3) is 8.80. The summed E-state index contributed by atoms with van der Waals surface area (Å²) in [4.78, 5) is 17.8. The lowest BCUT2D eigenvalue weighted by Gasteiger charge is -2.36. The molecule has 7 nitrogen and oxygen atoms in total. The van der Waals surface area contributed by atoms with Crippen LogP contribution in [0.5, 0.6) is 0 Å². The molecule has 1 N–H and O–H groups in total. The van der Waals surface area contributed by atoms with Gasteiger partial charge in [0.1, 0.15) is 11.6 Å². The smallest absolute Gasteiger partial charge is 0.231 e. The normalized spacial score (nSPS) is 29.8. The van der Waals surface area contributed by atoms with Crippen molar-refractivity contribution < 1.29 is 23.7 Å². The van der Waals surface area contributed by atoms with Crippen LogP contribution in [0.15, 0.2) is 76.2 Å². The van der Waals surface area contributed by atoms with Crippen molar-refractivity contribution in [2.45, 2.75) is 113 Å². The summed E-state index contributed by atoms with van der Waals surface area (Å²) in [6.45, 7) is 0.327. The molecule has 250 valence electrons. The first-order chi connectivity index (χ1) is 22.6. The number of carbonyl (C=O) groups is 1. The van der Waals surface area contributed by atoms with E-state index in [-0.39, 0.29) is 5.91 Å². The predicted octanol–water partition coefficient (Wildman–Crippen LogP) is 8.42. The molecule has 0 radical (unpaired) electrons. The molecule has 0 aromatic carbocycles. The van der Waals surface area contributed by atoms with Gasteiger partial charge >= 0.3 is 0 Å². The molecule has 2 aliphatic heterocycles. The van der Waals surface area contributed by atoms with Crippen LogP contribution >= 0.6 is 11.8 Å². The largest absolute Gasteiger partial charge is 0.497 e. The monoisotopic (exact) mass is 648 g/mol. The van der Waals surface area contributed by atoms with Crippen molar-refractivity contribution in [3.05, 3.63) is 71.2 Å². The van der Waals surface area contributed by atoms with Gasteiger partial charge in [0.15, 0.2) is 11.5 Å². The third-order valence-corrected chi connectivity index (χ3v) is 12.3. The highest BCUT2D eigenvalue weighted by Crippen LogP contribution is 2.44. The molecule has 2 fully saturated rings. The lowest BCUT2D eigenvalue weighted by atomic mass is 9.83. The highest BCUT2D eigenvalue weighted by molar-refractivity contribution is 8.00. The van der Waals surface area contributed by atoms with Crippen LogP contribution in [0, 0.1) is 17.8 Å². The zero-order valence-corrected chi connectivity index (χ0v) is 28.5. The van der Waals surface area contributed by atoms with E-state index in [0.717, 1.165) is 87.3 Å². The maximum absolute atomic E-state index is 12.8. The number of methoxy groups -OCH3 is 2. The number of ether oxygens (including phenoxy) is 4. The standard InChI is InChI=1S/C38H52N2O5S/c1-42-30-17-11-28(12-18-30)38(29-13-19-31(43-2)20-14-29)46-32-21-15-27(16-22-32)33-7-5-8-36(39-33)40-37(41)9-4-3-6-26-10-23-34-35(24-26)45-25-44-34/h8,11,13,17-18,23-24,26-28,31-32,38H,3-7,9-10,12,14-16,19-22,25H2,1-2H3,(H,40,41). The summed E-state index contributed by atoms with van der Waals surface area (Å²) in [5.41, 5.74) is 2.91. The average molecular weight is 649 g/mol. The summed E-state index contributed by atoms with van der Waals surface area (Å²) in [5.74, 6) is 5.11. The zero-order chi connectivity index (χ0) is 31.7. The summed E-state index contributed by atoms with van der Waals surface area (Å²) in [6.07, 6.45) is 31.7. The molecular formula is C38H52N2O5S. The van der Waals surface area contributed by atoms with E-state index >= 15 is 0 Å². The number of allylic oxidation sites excluding steroid dienone is 6. The Kier molecular flexibility index (Phi) is 11.8. The molecule has 46 heavy (non-hydrogen) atoms. The van der Waals surface area contributed by atoms with Crippen LogP contribution < -0.4 is 5.32 Å². The number of hydrogen-bond acceptors (Lipinski definition) is 7. The van der Waals surface area contributed by atoms with Gasteiger partial charge in [0.25, 0.3) is 0 Å². The Morgan fingerprint density at radius 1 is 1.00 bits per heavy atom. The number of nitrogens with one attached hydrogen (secondary N) is 1. The van der Waals surface area contributed by atoms with Gasteiger partial charge in [-0.3, -0.25) is 4.79 Å². The van der Waals surface area contributed by atoms with E-state index in [2.05, 4.69) is 59.6 Å². The maximum atomic E-state index is 12.8. The Morgan fingerprint density at radius 2 is 1.87 bits per heavy atom. The first-order valence-corrected chi connectivity index (χ1v) is 18.6. The van der Waals surface area contributed by atoms with Gasteiger partial charge in [-0.2, -0.15) is 11.8 Å². The first kappa shape index (κ1) is 33.2. The molecule has 2 heterocycles. The van der Waals surface area contributed by atoms with Gasteiger partial charge < -0.3 is 24.3 Å². The van der Waals surface area contributed by atoms with Crippen LogP contribution in [-0.4, -0.2) is 49.2 Å². The maximum Gasteiger partial charge on any atom is 0.231 e. The van der Waals surface area contributed by atoms with Crippen molar-refractivity contribution in [1.82, 2.24) is 5.32 Å². The van der Waals surface area contributed by atoms with Gasteiger partial charge in [-0.05, 0) is 132 Å². The molecule has 6 rings (SSSR count). The van der Waals surface area contributed by atoms with Crippen LogP contribution in [-0.2, 0) is 23.7 Å². The number of thioether (sulfide) groups is 1. The lowest BCUT2D eigenvalue weighted by molar-refractivity contribution is -0.120. The van der Waals surface area contributed by atoms with Crippen LogP contribution in [0.25, 0.3) is 0 Å². The zero-order valence-electron chi connectivity index (χ0n) is 27.7. The topological polar surface area (TPSA) is 78.4 Å². The van der Waals surface area contributed by atoms with Crippen molar-refractivity contribution >= 4 is 23.4 Å². The number of unbranched alkanes of at least 4 members (excludes halogenated alkanes) is 1. The minimum Gasteiger partial charge on any atom is -0.497 e. The van der Waals surface area contributed by atoms with Crippen LogP contribution in [0.3, 0.4) is 0 Å². The molecule has 8 heteroatoms. The van der Waals surface area contributed by atoms with Gasteiger partial charge in [-0.15, -0.1) is 0 Å². The minimum absolute atomic E-state index is 0.0807. The fourth-order valence-corrected chi connectivity index (χ4v) is 9.47. The molecule has 1 saturated carbocycles. The minimum atomic E-state index is 0.0807. The van der Waals surface area contributed by atoms with Crippen LogP contribution in [0.1, 0.15) is 96.3 Å². The van der Waals surface area contributed by atoms with Crippen LogP contribution in [0.4, 0.5) is 0 Å². The molecular weight excluding hydrogens is 596 g/mol. The second-order valence-electron chi connectivity index (χ2n) is 13.5. The second-order valence-corrected chi connectivity index (χ2v) is 15.0. The summed E-state index contributed by atoms with van der Waals surface area (Å²) < 4.78 is 22.1. The number of aliphatic imine (C=N–C) groups is 1. The van der Waals surface area contributed by atoms with Crippen LogP contribution in [0.2, 0.25) is 0 Å². The van der Waals surface area contributed by atoms with E-state index in [1.165, 1.54) is 31.4 Å². The summed E-state index contributed by atoms with van der Waals surface area (Å²) in [5, 5.41) is 4.30. The SMILES string of the molecule is COC1=CCC(C(SC2CCC(C3=NC(NC(=O)CCCCC4C=C5OCOC5=CC4)=CCC3)CC2)C2=CCC(OC)CC2)C=C1. The molecule has 0 aromatic heterocycles. The number of hydrogen-bond donors (Lipinski definition) is 1. The number of fused-ring (bicyclic) bond motifs is 1. The van der Waals surface area contributed by atoms with E-state index in [0.29, 0.717) is 47.6 Å². The number of amides is 1. The van der Waals surface area contributed by atoms with Gasteiger partial charge in [0.2, 0.25) is 12.7 Å². The Balaban J connectivity index is 0.949. The van der Waals surface area contributed by atoms with Gasteiger partial charge in [0.05, 0.1) is 13.2 Å². The first-order valence-electron chi connectivity index (χ1n) is 17.6. The Hall–Kier alpha value is -2.71.